The summed E-state index contributed by atoms with van der Waals surface area (Å²) in [7, 11) is 2.24. The highest BCUT2D eigenvalue weighted by Gasteiger charge is 2.23. The van der Waals surface area contributed by atoms with Gasteiger partial charge in [-0.25, -0.2) is 0 Å². The van der Waals surface area contributed by atoms with E-state index < -0.39 is 0 Å². The summed E-state index contributed by atoms with van der Waals surface area (Å²) in [5.41, 5.74) is 1.32. The Morgan fingerprint density at radius 3 is 2.17 bits per heavy atom. The number of piperazine rings is 1. The van der Waals surface area contributed by atoms with Gasteiger partial charge in [0.25, 0.3) is 0 Å². The van der Waals surface area contributed by atoms with Crippen LogP contribution in [0, 0.1) is 18.8 Å². The number of benzene rings is 1. The number of likely N-dealkylation sites (tertiary alicyclic amines) is 1. The highest BCUT2D eigenvalue weighted by molar-refractivity contribution is 5.52. The lowest BCUT2D eigenvalue weighted by molar-refractivity contribution is -0.110. The molecule has 1 aromatic rings. The van der Waals surface area contributed by atoms with Gasteiger partial charge in [0, 0.05) is 38.1 Å². The first-order valence-corrected chi connectivity index (χ1v) is 11.3. The van der Waals surface area contributed by atoms with E-state index in [0.717, 1.165) is 24.7 Å². The fourth-order valence-corrected chi connectivity index (χ4v) is 3.36. The van der Waals surface area contributed by atoms with E-state index in [2.05, 4.69) is 48.1 Å². The number of hydrogen-bond donors (Lipinski definition) is 1. The average molecular weight is 420 g/mol. The number of rotatable bonds is 4. The van der Waals surface area contributed by atoms with Crippen LogP contribution in [0.3, 0.4) is 0 Å². The Morgan fingerprint density at radius 1 is 1.17 bits per heavy atom. The van der Waals surface area contributed by atoms with E-state index in [1.165, 1.54) is 57.7 Å². The summed E-state index contributed by atoms with van der Waals surface area (Å²) in [6.07, 6.45) is 4.73. The maximum Gasteiger partial charge on any atom is 0.122 e. The number of carbonyl (C=O) groups is 2. The summed E-state index contributed by atoms with van der Waals surface area (Å²) in [4.78, 5) is 22.9. The fourth-order valence-electron chi connectivity index (χ4n) is 3.36. The molecule has 172 valence electrons. The van der Waals surface area contributed by atoms with E-state index >= 15 is 0 Å². The Hall–Kier alpha value is -1.56. The number of aryl methyl sites for hydroxylation is 1. The molecule has 30 heavy (non-hydrogen) atoms. The predicted molar refractivity (Wildman–Crippen MR) is 128 cm³/mol. The molecule has 2 unspecified atom stereocenters. The monoisotopic (exact) mass is 419 g/mol. The first kappa shape index (κ1) is 28.4. The second-order valence-electron chi connectivity index (χ2n) is 8.47. The number of nitrogens with zero attached hydrogens (tertiary/aromatic N) is 2. The maximum atomic E-state index is 9.74. The summed E-state index contributed by atoms with van der Waals surface area (Å²) in [5.74, 6) is 1.20. The molecule has 0 spiro atoms. The molecule has 0 aromatic heterocycles. The molecular weight excluding hydrogens is 374 g/mol. The van der Waals surface area contributed by atoms with Crippen molar-refractivity contribution in [2.45, 2.75) is 53.0 Å². The van der Waals surface area contributed by atoms with Gasteiger partial charge in [-0.15, -0.1) is 0 Å². The SMILES string of the molecule is C=O.CC1CNCCN1CC1CCN(C)CC1.CCC(C)C=O.Cc1ccccc1. The van der Waals surface area contributed by atoms with Crippen LogP contribution in [0.1, 0.15) is 45.6 Å². The van der Waals surface area contributed by atoms with Gasteiger partial charge < -0.3 is 19.8 Å². The molecule has 0 saturated carbocycles. The highest BCUT2D eigenvalue weighted by Crippen LogP contribution is 2.18. The molecule has 0 amide bonds. The van der Waals surface area contributed by atoms with Gasteiger partial charge in [0.05, 0.1) is 0 Å². The number of hydrogen-bond acceptors (Lipinski definition) is 5. The standard InChI is InChI=1S/C12H25N3.C7H8.C5H10O.CH2O/c1-11-9-13-5-8-15(11)10-12-3-6-14(2)7-4-12;1-7-5-3-2-4-6-7;1-3-5(2)4-6;1-2/h11-13H,3-10H2,1-2H3;2-6H,1H3;4-5H,3H2,1-2H3;1H2. The Balaban J connectivity index is 0.000000468. The minimum Gasteiger partial charge on any atom is -0.314 e. The van der Waals surface area contributed by atoms with Gasteiger partial charge in [0.15, 0.2) is 0 Å². The van der Waals surface area contributed by atoms with Gasteiger partial charge in [-0.05, 0) is 59.2 Å². The molecule has 5 heteroatoms. The van der Waals surface area contributed by atoms with Crippen molar-refractivity contribution in [3.63, 3.8) is 0 Å². The van der Waals surface area contributed by atoms with Crippen molar-refractivity contribution in [1.29, 1.82) is 0 Å². The Bertz CT molecular complexity index is 518. The van der Waals surface area contributed by atoms with Gasteiger partial charge >= 0.3 is 0 Å². The molecule has 0 aliphatic carbocycles. The molecule has 2 saturated heterocycles. The van der Waals surface area contributed by atoms with Crippen LogP contribution in [-0.4, -0.2) is 75.2 Å². The van der Waals surface area contributed by atoms with E-state index in [4.69, 9.17) is 4.79 Å². The van der Waals surface area contributed by atoms with Crippen molar-refractivity contribution in [3.05, 3.63) is 35.9 Å². The molecule has 0 bridgehead atoms. The lowest BCUT2D eigenvalue weighted by Gasteiger charge is -2.38. The van der Waals surface area contributed by atoms with Crippen LogP contribution in [-0.2, 0) is 9.59 Å². The second kappa shape index (κ2) is 18.2. The molecule has 0 radical (unpaired) electrons. The Morgan fingerprint density at radius 2 is 1.77 bits per heavy atom. The van der Waals surface area contributed by atoms with Crippen molar-refractivity contribution in [2.75, 3.05) is 46.3 Å². The van der Waals surface area contributed by atoms with Crippen LogP contribution >= 0.6 is 0 Å². The van der Waals surface area contributed by atoms with E-state index in [1.807, 2.05) is 38.8 Å². The molecule has 5 nitrogen and oxygen atoms in total. The lowest BCUT2D eigenvalue weighted by Crippen LogP contribution is -2.51. The number of piperidine rings is 1. The molecule has 1 aromatic carbocycles. The van der Waals surface area contributed by atoms with Gasteiger partial charge in [-0.1, -0.05) is 49.7 Å². The van der Waals surface area contributed by atoms with Crippen LogP contribution in [0.4, 0.5) is 0 Å². The van der Waals surface area contributed by atoms with Gasteiger partial charge in [-0.3, -0.25) is 4.90 Å². The Kier molecular flexibility index (Phi) is 17.3. The van der Waals surface area contributed by atoms with E-state index in [9.17, 15) is 4.79 Å². The molecule has 3 rings (SSSR count). The normalized spacial score (nSPS) is 20.9. The number of carbonyl (C=O) groups excluding carboxylic acids is 2. The average Bonchev–Trinajstić information content (AvgIpc) is 2.79. The van der Waals surface area contributed by atoms with Crippen LogP contribution in [0.15, 0.2) is 30.3 Å². The quantitative estimate of drug-likeness (QED) is 0.755. The third-order valence-electron chi connectivity index (χ3n) is 5.79. The minimum absolute atomic E-state index is 0.255. The topological polar surface area (TPSA) is 52.7 Å². The van der Waals surface area contributed by atoms with E-state index in [0.29, 0.717) is 0 Å². The van der Waals surface area contributed by atoms with Crippen molar-refractivity contribution in [2.24, 2.45) is 11.8 Å². The summed E-state index contributed by atoms with van der Waals surface area (Å²) >= 11 is 0. The van der Waals surface area contributed by atoms with Crippen LogP contribution in [0.2, 0.25) is 0 Å². The van der Waals surface area contributed by atoms with Gasteiger partial charge in [0.1, 0.15) is 13.1 Å². The zero-order chi connectivity index (χ0) is 22.8. The molecule has 1 N–H and O–H groups in total. The van der Waals surface area contributed by atoms with Gasteiger partial charge in [-0.2, -0.15) is 0 Å². The van der Waals surface area contributed by atoms with Crippen molar-refractivity contribution < 1.29 is 9.59 Å². The van der Waals surface area contributed by atoms with Crippen LogP contribution < -0.4 is 5.32 Å². The molecule has 2 fully saturated rings. The third kappa shape index (κ3) is 13.6. The van der Waals surface area contributed by atoms with Crippen LogP contribution in [0.5, 0.6) is 0 Å². The molecule has 2 heterocycles. The maximum absolute atomic E-state index is 9.74. The van der Waals surface area contributed by atoms with Crippen molar-refractivity contribution >= 4 is 13.1 Å². The zero-order valence-electron chi connectivity index (χ0n) is 20.0. The Labute approximate surface area is 185 Å². The number of aldehydes is 1. The first-order chi connectivity index (χ1) is 14.5. The largest absolute Gasteiger partial charge is 0.314 e. The summed E-state index contributed by atoms with van der Waals surface area (Å²) in [5, 5.41) is 3.46. The third-order valence-corrected chi connectivity index (χ3v) is 5.79. The molecule has 2 aliphatic rings. The predicted octanol–water partition coefficient (Wildman–Crippen LogP) is 3.66. The highest BCUT2D eigenvalue weighted by atomic mass is 16.1. The lowest BCUT2D eigenvalue weighted by atomic mass is 9.95. The van der Waals surface area contributed by atoms with Gasteiger partial charge in [0.2, 0.25) is 0 Å². The van der Waals surface area contributed by atoms with Crippen LogP contribution in [0.25, 0.3) is 0 Å². The summed E-state index contributed by atoms with van der Waals surface area (Å²) in [6, 6.07) is 11.0. The zero-order valence-corrected chi connectivity index (χ0v) is 20.0. The smallest absolute Gasteiger partial charge is 0.122 e. The minimum atomic E-state index is 0.255. The molecular formula is C25H45N3O2. The summed E-state index contributed by atoms with van der Waals surface area (Å²) in [6.45, 7) is 17.9. The second-order valence-corrected chi connectivity index (χ2v) is 8.47. The summed E-state index contributed by atoms with van der Waals surface area (Å²) < 4.78 is 0. The van der Waals surface area contributed by atoms with E-state index in [-0.39, 0.29) is 5.92 Å². The van der Waals surface area contributed by atoms with Crippen molar-refractivity contribution in [1.82, 2.24) is 15.1 Å². The molecule has 2 aliphatic heterocycles. The molecule has 2 atom stereocenters. The number of nitrogens with one attached hydrogen (secondary N) is 1. The first-order valence-electron chi connectivity index (χ1n) is 11.3. The van der Waals surface area contributed by atoms with Crippen molar-refractivity contribution in [3.8, 4) is 0 Å². The fraction of sp³-hybridized carbons (Fsp3) is 0.680. The van der Waals surface area contributed by atoms with E-state index in [1.54, 1.807) is 0 Å².